The topological polar surface area (TPSA) is 23.8 Å². The Hall–Kier alpha value is -1.40. The van der Waals surface area contributed by atoms with Gasteiger partial charge in [0.15, 0.2) is 0 Å². The van der Waals surface area contributed by atoms with Gasteiger partial charge in [-0.3, -0.25) is 0 Å². The molecule has 1 nitrogen and oxygen atoms in total. The zero-order chi connectivity index (χ0) is 10.6. The van der Waals surface area contributed by atoms with Crippen molar-refractivity contribution in [2.24, 2.45) is 0 Å². The van der Waals surface area contributed by atoms with E-state index in [-0.39, 0.29) is 17.0 Å². The minimum absolute atomic E-state index is 0.0853. The maximum Gasteiger partial charge on any atom is 0.141 e. The van der Waals surface area contributed by atoms with Crippen molar-refractivity contribution < 1.29 is 8.78 Å². The predicted molar refractivity (Wildman–Crippen MR) is 50.8 cm³/mol. The van der Waals surface area contributed by atoms with E-state index in [9.17, 15) is 8.78 Å². The third-order valence-electron chi connectivity index (χ3n) is 1.59. The number of nitrogens with zero attached hydrogens (tertiary/aromatic N) is 1. The molecule has 0 aliphatic carbocycles. The maximum atomic E-state index is 13.1. The van der Waals surface area contributed by atoms with Crippen LogP contribution in [0.1, 0.15) is 11.1 Å². The molecule has 1 rings (SSSR count). The molecule has 0 N–H and O–H groups in total. The highest BCUT2D eigenvalue weighted by atomic mass is 35.5. The van der Waals surface area contributed by atoms with E-state index in [0.29, 0.717) is 0 Å². The Morgan fingerprint density at radius 2 is 2.07 bits per heavy atom. The molecule has 1 aromatic rings. The quantitative estimate of drug-likeness (QED) is 0.693. The number of nitriles is 1. The average Bonchev–Trinajstić information content (AvgIpc) is 2.18. The van der Waals surface area contributed by atoms with Crippen LogP contribution in [0.15, 0.2) is 18.2 Å². The Labute approximate surface area is 85.2 Å². The van der Waals surface area contributed by atoms with Crippen LogP contribution in [0.25, 0.3) is 6.08 Å². The van der Waals surface area contributed by atoms with Gasteiger partial charge in [0.05, 0.1) is 5.56 Å². The average molecular weight is 214 g/mol. The van der Waals surface area contributed by atoms with E-state index in [0.717, 1.165) is 12.1 Å². The summed E-state index contributed by atoms with van der Waals surface area (Å²) in [5.41, 5.74) is -0.215. The number of halogens is 3. The normalized spacial score (nSPS) is 10.4. The fourth-order valence-corrected chi connectivity index (χ4v) is 1.04. The molecule has 0 saturated carbocycles. The third kappa shape index (κ3) is 2.30. The first-order chi connectivity index (χ1) is 6.69. The van der Waals surface area contributed by atoms with Gasteiger partial charge in [-0.1, -0.05) is 12.2 Å². The lowest BCUT2D eigenvalue weighted by Gasteiger charge is -1.98. The molecule has 0 amide bonds. The van der Waals surface area contributed by atoms with Crippen molar-refractivity contribution >= 4 is 17.7 Å². The summed E-state index contributed by atoms with van der Waals surface area (Å²) in [6.45, 7) is 0. The second kappa shape index (κ2) is 4.73. The molecule has 0 radical (unpaired) electrons. The molecule has 0 bridgehead atoms. The Balaban J connectivity index is 3.17. The molecule has 0 aliphatic heterocycles. The van der Waals surface area contributed by atoms with Crippen molar-refractivity contribution in [1.82, 2.24) is 0 Å². The van der Waals surface area contributed by atoms with E-state index >= 15 is 0 Å². The Morgan fingerprint density at radius 1 is 1.36 bits per heavy atom. The number of benzene rings is 1. The summed E-state index contributed by atoms with van der Waals surface area (Å²) in [6.07, 6.45) is 2.86. The van der Waals surface area contributed by atoms with Crippen molar-refractivity contribution in [1.29, 1.82) is 5.26 Å². The smallest absolute Gasteiger partial charge is 0.141 e. The molecule has 0 atom stereocenters. The lowest BCUT2D eigenvalue weighted by Crippen LogP contribution is -1.90. The molecule has 0 aromatic heterocycles. The highest BCUT2D eigenvalue weighted by molar-refractivity contribution is 6.19. The van der Waals surface area contributed by atoms with Gasteiger partial charge in [-0.25, -0.2) is 8.78 Å². The number of allylic oxidation sites excluding steroid dienone is 1. The van der Waals surface area contributed by atoms with Crippen LogP contribution in [-0.2, 0) is 0 Å². The zero-order valence-corrected chi connectivity index (χ0v) is 7.85. The van der Waals surface area contributed by atoms with Gasteiger partial charge in [-0.2, -0.15) is 5.26 Å². The molecule has 0 saturated heterocycles. The fourth-order valence-electron chi connectivity index (χ4n) is 0.947. The van der Waals surface area contributed by atoms with Crippen molar-refractivity contribution in [2.75, 3.05) is 5.88 Å². The summed E-state index contributed by atoms with van der Waals surface area (Å²) in [5, 5.41) is 8.41. The van der Waals surface area contributed by atoms with Gasteiger partial charge in [-0.15, -0.1) is 11.6 Å². The Morgan fingerprint density at radius 3 is 2.64 bits per heavy atom. The van der Waals surface area contributed by atoms with Gasteiger partial charge < -0.3 is 0 Å². The highest BCUT2D eigenvalue weighted by Gasteiger charge is 2.06. The van der Waals surface area contributed by atoms with Gasteiger partial charge >= 0.3 is 0 Å². The second-order valence-corrected chi connectivity index (χ2v) is 2.83. The summed E-state index contributed by atoms with van der Waals surface area (Å²) in [7, 11) is 0. The Bertz CT molecular complexity index is 407. The van der Waals surface area contributed by atoms with Gasteiger partial charge in [-0.05, 0) is 12.1 Å². The van der Waals surface area contributed by atoms with Gasteiger partial charge in [0.25, 0.3) is 0 Å². The lowest BCUT2D eigenvalue weighted by molar-refractivity contribution is 0.594. The summed E-state index contributed by atoms with van der Waals surface area (Å²) in [6, 6.07) is 3.39. The fraction of sp³-hybridized carbons (Fsp3) is 0.100. The van der Waals surface area contributed by atoms with Gasteiger partial charge in [0.1, 0.15) is 17.7 Å². The van der Waals surface area contributed by atoms with Gasteiger partial charge in [0.2, 0.25) is 0 Å². The minimum Gasteiger partial charge on any atom is -0.206 e. The van der Waals surface area contributed by atoms with E-state index in [1.165, 1.54) is 12.2 Å². The van der Waals surface area contributed by atoms with E-state index in [2.05, 4.69) is 0 Å². The molecule has 0 spiro atoms. The monoisotopic (exact) mass is 213 g/mol. The predicted octanol–water partition coefficient (Wildman–Crippen LogP) is 3.09. The third-order valence-corrected chi connectivity index (χ3v) is 1.77. The molecule has 0 heterocycles. The second-order valence-electron chi connectivity index (χ2n) is 2.52. The first kappa shape index (κ1) is 10.7. The molecule has 14 heavy (non-hydrogen) atoms. The first-order valence-corrected chi connectivity index (χ1v) is 4.34. The summed E-state index contributed by atoms with van der Waals surface area (Å²) >= 11 is 5.35. The van der Waals surface area contributed by atoms with E-state index in [1.54, 1.807) is 6.07 Å². The number of rotatable bonds is 2. The number of hydrogen-bond donors (Lipinski definition) is 0. The molecule has 0 fully saturated rings. The lowest BCUT2D eigenvalue weighted by atomic mass is 10.1. The van der Waals surface area contributed by atoms with Crippen molar-refractivity contribution in [3.05, 3.63) is 41.0 Å². The zero-order valence-electron chi connectivity index (χ0n) is 7.10. The van der Waals surface area contributed by atoms with Crippen LogP contribution in [0.3, 0.4) is 0 Å². The molecular weight excluding hydrogens is 208 g/mol. The van der Waals surface area contributed by atoms with E-state index < -0.39 is 11.6 Å². The van der Waals surface area contributed by atoms with Crippen LogP contribution < -0.4 is 0 Å². The SMILES string of the molecule is N#Cc1cc(F)c(C=CCCl)cc1F. The maximum absolute atomic E-state index is 13.1. The van der Waals surface area contributed by atoms with Crippen LogP contribution in [-0.4, -0.2) is 5.88 Å². The summed E-state index contributed by atoms with van der Waals surface area (Å²) in [4.78, 5) is 0. The van der Waals surface area contributed by atoms with E-state index in [1.807, 2.05) is 0 Å². The van der Waals surface area contributed by atoms with Crippen LogP contribution in [0.5, 0.6) is 0 Å². The standard InChI is InChI=1S/C10H6ClF2N/c11-3-1-2-7-4-10(13)8(6-14)5-9(7)12/h1-2,4-5H,3H2. The Kier molecular flexibility index (Phi) is 3.61. The minimum atomic E-state index is -0.733. The van der Waals surface area contributed by atoms with E-state index in [4.69, 9.17) is 16.9 Å². The summed E-state index contributed by atoms with van der Waals surface area (Å²) in [5.74, 6) is -1.14. The van der Waals surface area contributed by atoms with Gasteiger partial charge in [0, 0.05) is 11.4 Å². The van der Waals surface area contributed by atoms with Crippen LogP contribution in [0.2, 0.25) is 0 Å². The molecule has 0 aliphatic rings. The van der Waals surface area contributed by atoms with Crippen LogP contribution in [0, 0.1) is 23.0 Å². The summed E-state index contributed by atoms with van der Waals surface area (Å²) < 4.78 is 26.1. The largest absolute Gasteiger partial charge is 0.206 e. The molecule has 1 aromatic carbocycles. The molecule has 4 heteroatoms. The highest BCUT2D eigenvalue weighted by Crippen LogP contribution is 2.15. The van der Waals surface area contributed by atoms with Crippen molar-refractivity contribution in [3.63, 3.8) is 0 Å². The molecule has 72 valence electrons. The van der Waals surface area contributed by atoms with Crippen LogP contribution >= 0.6 is 11.6 Å². The van der Waals surface area contributed by atoms with Crippen LogP contribution in [0.4, 0.5) is 8.78 Å². The number of hydrogen-bond acceptors (Lipinski definition) is 1. The number of alkyl halides is 1. The molecular formula is C10H6ClF2N. The molecule has 0 unspecified atom stereocenters. The van der Waals surface area contributed by atoms with Crippen molar-refractivity contribution in [2.45, 2.75) is 0 Å². The first-order valence-electron chi connectivity index (χ1n) is 3.80. The van der Waals surface area contributed by atoms with Crippen molar-refractivity contribution in [3.8, 4) is 6.07 Å².